The van der Waals surface area contributed by atoms with Crippen LogP contribution in [0.3, 0.4) is 0 Å². The predicted molar refractivity (Wildman–Crippen MR) is 39.1 cm³/mol. The Morgan fingerprint density at radius 3 is 2.67 bits per heavy atom. The van der Waals surface area contributed by atoms with E-state index in [1.807, 2.05) is 6.07 Å². The molecule has 0 aliphatic carbocycles. The monoisotopic (exact) mass is 165 g/mol. The van der Waals surface area contributed by atoms with Crippen LogP contribution in [-0.4, -0.2) is 12.3 Å². The lowest BCUT2D eigenvalue weighted by Gasteiger charge is -2.01. The van der Waals surface area contributed by atoms with Gasteiger partial charge in [0, 0.05) is 18.7 Å². The van der Waals surface area contributed by atoms with Gasteiger partial charge in [0.1, 0.15) is 0 Å². The molecular weight excluding hydrogens is 156 g/mol. The normalized spacial score (nSPS) is 16.1. The molecule has 0 N–H and O–H groups in total. The van der Waals surface area contributed by atoms with Crippen LogP contribution >= 0.6 is 17.7 Å². The van der Waals surface area contributed by atoms with E-state index in [2.05, 4.69) is 0 Å². The van der Waals surface area contributed by atoms with E-state index in [0.717, 1.165) is 0 Å². The van der Waals surface area contributed by atoms with Crippen LogP contribution in [0.4, 0.5) is 0 Å². The highest BCUT2D eigenvalue weighted by molar-refractivity contribution is 7.89. The van der Waals surface area contributed by atoms with Crippen molar-refractivity contribution >= 4 is 17.7 Å². The van der Waals surface area contributed by atoms with Crippen molar-refractivity contribution in [3.63, 3.8) is 0 Å². The Labute approximate surface area is 60.0 Å². The van der Waals surface area contributed by atoms with Crippen molar-refractivity contribution in [1.82, 2.24) is 0 Å². The molecular formula is C5H9ClNOP. The molecule has 4 heteroatoms. The molecule has 0 rings (SSSR count). The van der Waals surface area contributed by atoms with E-state index in [1.165, 1.54) is 0 Å². The van der Waals surface area contributed by atoms with Gasteiger partial charge in [-0.15, -0.1) is 0 Å². The molecule has 0 radical (unpaired) electrons. The third-order valence-corrected chi connectivity index (χ3v) is 4.09. The average molecular weight is 166 g/mol. The van der Waals surface area contributed by atoms with Crippen molar-refractivity contribution in [1.29, 1.82) is 5.26 Å². The van der Waals surface area contributed by atoms with Gasteiger partial charge in [-0.3, -0.25) is 0 Å². The summed E-state index contributed by atoms with van der Waals surface area (Å²) in [7, 11) is 0. The highest BCUT2D eigenvalue weighted by atomic mass is 35.7. The first-order valence-corrected chi connectivity index (χ1v) is 5.75. The van der Waals surface area contributed by atoms with Crippen molar-refractivity contribution in [2.45, 2.75) is 13.3 Å². The van der Waals surface area contributed by atoms with E-state index in [0.29, 0.717) is 18.7 Å². The Hall–Kier alpha value is 0.0100. The summed E-state index contributed by atoms with van der Waals surface area (Å²) in [6, 6.07) is 1.90. The van der Waals surface area contributed by atoms with Gasteiger partial charge in [0.05, 0.1) is 6.07 Å². The first kappa shape index (κ1) is 9.01. The largest absolute Gasteiger partial charge is 0.307 e. The molecule has 0 fully saturated rings. The van der Waals surface area contributed by atoms with Crippen molar-refractivity contribution in [2.75, 3.05) is 12.3 Å². The summed E-state index contributed by atoms with van der Waals surface area (Å²) in [6.07, 6.45) is 1.13. The molecule has 0 aromatic rings. The second kappa shape index (κ2) is 3.93. The number of halogens is 1. The SMILES string of the molecule is CCP(=O)(Cl)CCC#N. The van der Waals surface area contributed by atoms with Crippen LogP contribution in [-0.2, 0) is 4.57 Å². The molecule has 9 heavy (non-hydrogen) atoms. The number of hydrogen-bond acceptors (Lipinski definition) is 2. The summed E-state index contributed by atoms with van der Waals surface area (Å²) in [5.74, 6) is 0. The number of nitriles is 1. The minimum absolute atomic E-state index is 0.300. The lowest BCUT2D eigenvalue weighted by molar-refractivity contribution is 0.584. The fraction of sp³-hybridized carbons (Fsp3) is 0.800. The summed E-state index contributed by atoms with van der Waals surface area (Å²) in [6.45, 7) is -0.671. The fourth-order valence-electron chi connectivity index (χ4n) is 0.375. The second-order valence-electron chi connectivity index (χ2n) is 1.74. The molecule has 0 aromatic heterocycles. The second-order valence-corrected chi connectivity index (χ2v) is 6.25. The standard InChI is InChI=1S/C5H9ClNOP/c1-2-9(6,8)5-3-4-7/h2-3,5H2,1H3. The van der Waals surface area contributed by atoms with E-state index in [-0.39, 0.29) is 0 Å². The Kier molecular flexibility index (Phi) is 3.93. The average Bonchev–Trinajstić information content (AvgIpc) is 1.84. The zero-order chi connectivity index (χ0) is 7.33. The van der Waals surface area contributed by atoms with Crippen molar-refractivity contribution in [3.05, 3.63) is 0 Å². The maximum absolute atomic E-state index is 11.0. The fourth-order valence-corrected chi connectivity index (χ4v) is 1.38. The summed E-state index contributed by atoms with van der Waals surface area (Å²) in [5.41, 5.74) is 0. The Morgan fingerprint density at radius 1 is 1.78 bits per heavy atom. The third-order valence-electron chi connectivity index (χ3n) is 1.03. The van der Waals surface area contributed by atoms with E-state index < -0.39 is 6.49 Å². The molecule has 2 nitrogen and oxygen atoms in total. The topological polar surface area (TPSA) is 40.9 Å². The molecule has 0 aromatic carbocycles. The van der Waals surface area contributed by atoms with Crippen molar-refractivity contribution in [3.8, 4) is 6.07 Å². The minimum atomic E-state index is -2.44. The highest BCUT2D eigenvalue weighted by Crippen LogP contribution is 2.50. The maximum atomic E-state index is 11.0. The first-order chi connectivity index (χ1) is 4.12. The van der Waals surface area contributed by atoms with Gasteiger partial charge in [0.25, 0.3) is 0 Å². The van der Waals surface area contributed by atoms with Gasteiger partial charge < -0.3 is 4.57 Å². The zero-order valence-corrected chi connectivity index (χ0v) is 6.95. The lowest BCUT2D eigenvalue weighted by atomic mass is 10.6. The van der Waals surface area contributed by atoms with Crippen LogP contribution in [0.15, 0.2) is 0 Å². The molecule has 0 amide bonds. The van der Waals surface area contributed by atoms with Crippen molar-refractivity contribution < 1.29 is 4.57 Å². The number of rotatable bonds is 3. The van der Waals surface area contributed by atoms with Gasteiger partial charge in [-0.1, -0.05) is 18.2 Å². The summed E-state index contributed by atoms with van der Waals surface area (Å²) >= 11 is 5.50. The Morgan fingerprint density at radius 2 is 2.33 bits per heavy atom. The van der Waals surface area contributed by atoms with Crippen LogP contribution in [0.2, 0.25) is 0 Å². The van der Waals surface area contributed by atoms with E-state index in [9.17, 15) is 4.57 Å². The van der Waals surface area contributed by atoms with Crippen molar-refractivity contribution in [2.24, 2.45) is 0 Å². The summed E-state index contributed by atoms with van der Waals surface area (Å²) < 4.78 is 11.0. The van der Waals surface area contributed by atoms with Gasteiger partial charge in [0.15, 0.2) is 6.49 Å². The molecule has 0 aliphatic rings. The maximum Gasteiger partial charge on any atom is 0.170 e. The van der Waals surface area contributed by atoms with E-state index in [1.54, 1.807) is 6.92 Å². The van der Waals surface area contributed by atoms with Crippen LogP contribution < -0.4 is 0 Å². The first-order valence-electron chi connectivity index (χ1n) is 2.77. The Bertz CT molecular complexity index is 163. The highest BCUT2D eigenvalue weighted by Gasteiger charge is 2.13. The van der Waals surface area contributed by atoms with Crippen LogP contribution in [0, 0.1) is 11.3 Å². The van der Waals surface area contributed by atoms with Crippen LogP contribution in [0.25, 0.3) is 0 Å². The molecule has 0 aliphatic heterocycles. The Balaban J connectivity index is 3.63. The molecule has 0 saturated heterocycles. The molecule has 0 heterocycles. The quantitative estimate of drug-likeness (QED) is 0.603. The van der Waals surface area contributed by atoms with Gasteiger partial charge in [-0.2, -0.15) is 5.26 Å². The van der Waals surface area contributed by atoms with Gasteiger partial charge >= 0.3 is 0 Å². The number of hydrogen-bond donors (Lipinski definition) is 0. The smallest absolute Gasteiger partial charge is 0.170 e. The third kappa shape index (κ3) is 4.51. The molecule has 0 saturated carbocycles. The molecule has 1 atom stereocenters. The molecule has 0 bridgehead atoms. The van der Waals surface area contributed by atoms with Crippen LogP contribution in [0.1, 0.15) is 13.3 Å². The lowest BCUT2D eigenvalue weighted by Crippen LogP contribution is -1.83. The van der Waals surface area contributed by atoms with E-state index in [4.69, 9.17) is 16.5 Å². The predicted octanol–water partition coefficient (Wildman–Crippen LogP) is 2.44. The van der Waals surface area contributed by atoms with Gasteiger partial charge in [-0.05, 0) is 0 Å². The molecule has 1 unspecified atom stereocenters. The molecule has 0 spiro atoms. The number of nitrogens with zero attached hydrogens (tertiary/aromatic N) is 1. The van der Waals surface area contributed by atoms with Gasteiger partial charge in [0.2, 0.25) is 0 Å². The minimum Gasteiger partial charge on any atom is -0.307 e. The van der Waals surface area contributed by atoms with Gasteiger partial charge in [-0.25, -0.2) is 0 Å². The summed E-state index contributed by atoms with van der Waals surface area (Å²) in [4.78, 5) is 0. The molecule has 52 valence electrons. The zero-order valence-electron chi connectivity index (χ0n) is 5.30. The van der Waals surface area contributed by atoms with E-state index >= 15 is 0 Å². The summed E-state index contributed by atoms with van der Waals surface area (Å²) in [5, 5.41) is 8.10. The van der Waals surface area contributed by atoms with Crippen LogP contribution in [0.5, 0.6) is 0 Å².